The number of benzene rings is 3. The van der Waals surface area contributed by atoms with Crippen molar-refractivity contribution >= 4 is 28.9 Å². The molecule has 1 amide bonds. The van der Waals surface area contributed by atoms with Crippen molar-refractivity contribution in [1.82, 2.24) is 10.2 Å². The minimum atomic E-state index is -0.180. The highest BCUT2D eigenvalue weighted by Crippen LogP contribution is 2.34. The van der Waals surface area contributed by atoms with Crippen LogP contribution in [-0.2, 0) is 0 Å². The van der Waals surface area contributed by atoms with Crippen LogP contribution in [0, 0.1) is 0 Å². The van der Waals surface area contributed by atoms with E-state index in [-0.39, 0.29) is 12.1 Å². The number of carbonyl (C=O) groups excluding carboxylic acids is 1. The summed E-state index contributed by atoms with van der Waals surface area (Å²) in [5.74, 6) is -0.0169. The molecular weight excluding hydrogens is 432 g/mol. The Morgan fingerprint density at radius 1 is 0.879 bits per heavy atom. The monoisotopic (exact) mass is 460 g/mol. The standard InChI is InChI=1S/C27H29ClN4O/c1-20(30-15-17-31(18-16-30)25-14-8-6-12-23(25)28)19-32-24-13-7-5-11-22(24)27(33)29-26(32)21-9-3-2-4-10-21/h2-14,20,26H,15-19H2,1H3,(H,29,33). The Balaban J connectivity index is 1.34. The van der Waals surface area contributed by atoms with E-state index in [1.54, 1.807) is 0 Å². The van der Waals surface area contributed by atoms with Crippen molar-refractivity contribution < 1.29 is 4.79 Å². The molecule has 33 heavy (non-hydrogen) atoms. The SMILES string of the molecule is CC(CN1c2ccccc2C(=O)NC1c1ccccc1)N1CCN(c2ccccc2Cl)CC1. The van der Waals surface area contributed by atoms with Crippen LogP contribution in [0.4, 0.5) is 11.4 Å². The zero-order valence-corrected chi connectivity index (χ0v) is 19.6. The zero-order valence-electron chi connectivity index (χ0n) is 18.8. The number of fused-ring (bicyclic) bond motifs is 1. The third-order valence-corrected chi connectivity index (χ3v) is 7.06. The summed E-state index contributed by atoms with van der Waals surface area (Å²) in [4.78, 5) is 20.1. The summed E-state index contributed by atoms with van der Waals surface area (Å²) in [6.45, 7) is 6.96. The highest BCUT2D eigenvalue weighted by molar-refractivity contribution is 6.33. The number of nitrogens with zero attached hydrogens (tertiary/aromatic N) is 3. The highest BCUT2D eigenvalue weighted by Gasteiger charge is 2.33. The molecule has 0 aliphatic carbocycles. The Morgan fingerprint density at radius 3 is 2.24 bits per heavy atom. The number of anilines is 2. The molecule has 1 fully saturated rings. The molecule has 2 unspecified atom stereocenters. The first-order valence-electron chi connectivity index (χ1n) is 11.6. The van der Waals surface area contributed by atoms with Crippen molar-refractivity contribution in [3.63, 3.8) is 0 Å². The van der Waals surface area contributed by atoms with E-state index >= 15 is 0 Å². The lowest BCUT2D eigenvalue weighted by Gasteiger charge is -2.44. The molecule has 0 saturated carbocycles. The molecule has 3 aromatic carbocycles. The molecule has 2 atom stereocenters. The summed E-state index contributed by atoms with van der Waals surface area (Å²) < 4.78 is 0. The van der Waals surface area contributed by atoms with Gasteiger partial charge in [0.1, 0.15) is 6.17 Å². The quantitative estimate of drug-likeness (QED) is 0.593. The van der Waals surface area contributed by atoms with Crippen molar-refractivity contribution in [2.75, 3.05) is 42.5 Å². The fourth-order valence-electron chi connectivity index (χ4n) is 4.95. The molecule has 2 heterocycles. The van der Waals surface area contributed by atoms with Gasteiger partial charge in [-0.05, 0) is 36.8 Å². The van der Waals surface area contributed by atoms with Crippen LogP contribution >= 0.6 is 11.6 Å². The van der Waals surface area contributed by atoms with Gasteiger partial charge in [-0.2, -0.15) is 0 Å². The Labute approximate surface area is 200 Å². The van der Waals surface area contributed by atoms with Crippen LogP contribution in [0.15, 0.2) is 78.9 Å². The first kappa shape index (κ1) is 21.8. The predicted octanol–water partition coefficient (Wildman–Crippen LogP) is 4.80. The van der Waals surface area contributed by atoms with Gasteiger partial charge in [-0.1, -0.05) is 66.2 Å². The number of carbonyl (C=O) groups is 1. The van der Waals surface area contributed by atoms with Crippen LogP contribution in [0.25, 0.3) is 0 Å². The molecule has 0 radical (unpaired) electrons. The van der Waals surface area contributed by atoms with Crippen LogP contribution in [0.2, 0.25) is 5.02 Å². The van der Waals surface area contributed by atoms with Crippen LogP contribution in [0.3, 0.4) is 0 Å². The lowest BCUT2D eigenvalue weighted by atomic mass is 10.0. The van der Waals surface area contributed by atoms with Crippen LogP contribution < -0.4 is 15.1 Å². The van der Waals surface area contributed by atoms with Gasteiger partial charge in [0, 0.05) is 38.8 Å². The second-order valence-corrected chi connectivity index (χ2v) is 9.19. The highest BCUT2D eigenvalue weighted by atomic mass is 35.5. The van der Waals surface area contributed by atoms with Gasteiger partial charge in [0.2, 0.25) is 0 Å². The minimum absolute atomic E-state index is 0.0169. The number of piperazine rings is 1. The van der Waals surface area contributed by atoms with Crippen molar-refractivity contribution in [2.45, 2.75) is 19.1 Å². The molecule has 6 heteroatoms. The van der Waals surface area contributed by atoms with Gasteiger partial charge in [-0.3, -0.25) is 9.69 Å². The van der Waals surface area contributed by atoms with Gasteiger partial charge >= 0.3 is 0 Å². The predicted molar refractivity (Wildman–Crippen MR) is 135 cm³/mol. The van der Waals surface area contributed by atoms with Gasteiger partial charge in [0.15, 0.2) is 0 Å². The Morgan fingerprint density at radius 2 is 1.52 bits per heavy atom. The fraction of sp³-hybridized carbons (Fsp3) is 0.296. The molecule has 3 aromatic rings. The maximum atomic E-state index is 12.8. The van der Waals surface area contributed by atoms with Gasteiger partial charge in [0.25, 0.3) is 5.91 Å². The lowest BCUT2D eigenvalue weighted by molar-refractivity contribution is 0.0923. The largest absolute Gasteiger partial charge is 0.368 e. The fourth-order valence-corrected chi connectivity index (χ4v) is 5.20. The first-order valence-corrected chi connectivity index (χ1v) is 11.9. The minimum Gasteiger partial charge on any atom is -0.368 e. The normalized spacial score (nSPS) is 19.7. The number of halogens is 1. The molecule has 170 valence electrons. The van der Waals surface area contributed by atoms with E-state index in [2.05, 4.69) is 51.2 Å². The van der Waals surface area contributed by atoms with E-state index < -0.39 is 0 Å². The lowest BCUT2D eigenvalue weighted by Crippen LogP contribution is -2.55. The van der Waals surface area contributed by atoms with E-state index in [0.29, 0.717) is 6.04 Å². The number of amides is 1. The molecule has 0 bridgehead atoms. The summed E-state index contributed by atoms with van der Waals surface area (Å²) in [5.41, 5.74) is 3.94. The maximum absolute atomic E-state index is 12.8. The topological polar surface area (TPSA) is 38.8 Å². The average Bonchev–Trinajstić information content (AvgIpc) is 2.86. The average molecular weight is 461 g/mol. The third kappa shape index (κ3) is 4.43. The first-order chi connectivity index (χ1) is 16.1. The van der Waals surface area contributed by atoms with Crippen molar-refractivity contribution in [1.29, 1.82) is 0 Å². The zero-order chi connectivity index (χ0) is 22.8. The molecule has 0 spiro atoms. The van der Waals surface area contributed by atoms with E-state index in [1.807, 2.05) is 54.6 Å². The van der Waals surface area contributed by atoms with E-state index in [1.165, 1.54) is 0 Å². The molecule has 2 aliphatic rings. The molecule has 1 saturated heterocycles. The Bertz CT molecular complexity index is 1110. The summed E-state index contributed by atoms with van der Waals surface area (Å²) in [6.07, 6.45) is -0.180. The van der Waals surface area contributed by atoms with E-state index in [9.17, 15) is 4.79 Å². The van der Waals surface area contributed by atoms with Gasteiger partial charge in [0.05, 0.1) is 22.0 Å². The number of para-hydroxylation sites is 2. The smallest absolute Gasteiger partial charge is 0.255 e. The molecule has 2 aliphatic heterocycles. The number of rotatable bonds is 5. The molecule has 5 rings (SSSR count). The van der Waals surface area contributed by atoms with Crippen molar-refractivity contribution in [2.24, 2.45) is 0 Å². The molecular formula is C27H29ClN4O. The summed E-state index contributed by atoms with van der Waals surface area (Å²) in [7, 11) is 0. The second-order valence-electron chi connectivity index (χ2n) is 8.78. The summed E-state index contributed by atoms with van der Waals surface area (Å²) in [6, 6.07) is 26.5. The summed E-state index contributed by atoms with van der Waals surface area (Å²) in [5, 5.41) is 4.04. The van der Waals surface area contributed by atoms with Crippen LogP contribution in [0.1, 0.15) is 29.0 Å². The number of nitrogens with one attached hydrogen (secondary N) is 1. The van der Waals surface area contributed by atoms with Gasteiger partial charge < -0.3 is 15.1 Å². The van der Waals surface area contributed by atoms with E-state index in [0.717, 1.165) is 60.2 Å². The molecule has 5 nitrogen and oxygen atoms in total. The van der Waals surface area contributed by atoms with Crippen molar-refractivity contribution in [3.05, 3.63) is 95.0 Å². The maximum Gasteiger partial charge on any atom is 0.255 e. The van der Waals surface area contributed by atoms with Gasteiger partial charge in [-0.15, -0.1) is 0 Å². The van der Waals surface area contributed by atoms with E-state index in [4.69, 9.17) is 11.6 Å². The Kier molecular flexibility index (Phi) is 6.25. The van der Waals surface area contributed by atoms with Crippen LogP contribution in [0.5, 0.6) is 0 Å². The van der Waals surface area contributed by atoms with Gasteiger partial charge in [-0.25, -0.2) is 0 Å². The van der Waals surface area contributed by atoms with Crippen LogP contribution in [-0.4, -0.2) is 49.6 Å². The summed E-state index contributed by atoms with van der Waals surface area (Å²) >= 11 is 6.42. The molecule has 1 N–H and O–H groups in total. The second kappa shape index (κ2) is 9.46. The molecule has 0 aromatic heterocycles. The number of hydrogen-bond acceptors (Lipinski definition) is 4. The van der Waals surface area contributed by atoms with Crippen molar-refractivity contribution in [3.8, 4) is 0 Å². The Hall–Kier alpha value is -3.02. The number of hydrogen-bond donors (Lipinski definition) is 1. The third-order valence-electron chi connectivity index (χ3n) is 6.74.